The van der Waals surface area contributed by atoms with Crippen molar-refractivity contribution >= 4 is 26.8 Å². The maximum absolute atomic E-state index is 5.97. The third-order valence-electron chi connectivity index (χ3n) is 2.97. The van der Waals surface area contributed by atoms with Crippen LogP contribution in [0.3, 0.4) is 0 Å². The molecule has 5 heteroatoms. The van der Waals surface area contributed by atoms with E-state index in [4.69, 9.17) is 10.5 Å². The van der Waals surface area contributed by atoms with Crippen LogP contribution in [0.2, 0.25) is 0 Å². The van der Waals surface area contributed by atoms with Gasteiger partial charge in [-0.15, -0.1) is 0 Å². The van der Waals surface area contributed by atoms with E-state index in [2.05, 4.69) is 26.1 Å². The molecule has 0 aliphatic carbocycles. The van der Waals surface area contributed by atoms with Gasteiger partial charge < -0.3 is 10.5 Å². The summed E-state index contributed by atoms with van der Waals surface area (Å²) in [7, 11) is 0. The van der Waals surface area contributed by atoms with Gasteiger partial charge in [0, 0.05) is 22.0 Å². The van der Waals surface area contributed by atoms with Gasteiger partial charge in [-0.3, -0.25) is 0 Å². The molecule has 3 aromatic rings. The normalized spacial score (nSPS) is 10.7. The van der Waals surface area contributed by atoms with Crippen molar-refractivity contribution in [3.63, 3.8) is 0 Å². The molecule has 0 saturated heterocycles. The molecule has 20 heavy (non-hydrogen) atoms. The predicted octanol–water partition coefficient (Wildman–Crippen LogP) is 3.64. The van der Waals surface area contributed by atoms with E-state index in [-0.39, 0.29) is 0 Å². The van der Waals surface area contributed by atoms with Crippen LogP contribution >= 0.6 is 15.9 Å². The van der Waals surface area contributed by atoms with E-state index in [0.717, 1.165) is 26.7 Å². The first-order chi connectivity index (χ1) is 9.78. The Morgan fingerprint density at radius 1 is 1.10 bits per heavy atom. The minimum Gasteiger partial charge on any atom is -0.455 e. The van der Waals surface area contributed by atoms with Gasteiger partial charge in [-0.2, -0.15) is 10.2 Å². The molecule has 0 unspecified atom stereocenters. The number of ether oxygens (including phenoxy) is 1. The number of hydrogen-bond donors (Lipinski definition) is 1. The molecule has 1 heterocycles. The second-order valence-electron chi connectivity index (χ2n) is 4.28. The number of benzene rings is 2. The predicted molar refractivity (Wildman–Crippen MR) is 81.6 cm³/mol. The monoisotopic (exact) mass is 329 g/mol. The summed E-state index contributed by atoms with van der Waals surface area (Å²) in [6.45, 7) is 0.408. The van der Waals surface area contributed by atoms with Crippen molar-refractivity contribution in [2.45, 2.75) is 6.54 Å². The highest BCUT2D eigenvalue weighted by molar-refractivity contribution is 9.10. The minimum atomic E-state index is 0.408. The Morgan fingerprint density at radius 2 is 1.95 bits per heavy atom. The first kappa shape index (κ1) is 13.0. The molecule has 100 valence electrons. The maximum atomic E-state index is 5.97. The molecule has 4 nitrogen and oxygen atoms in total. The molecule has 0 fully saturated rings. The van der Waals surface area contributed by atoms with E-state index in [0.29, 0.717) is 12.3 Å². The molecule has 0 bridgehead atoms. The first-order valence-electron chi connectivity index (χ1n) is 6.14. The van der Waals surface area contributed by atoms with Gasteiger partial charge in [0.1, 0.15) is 5.75 Å². The van der Waals surface area contributed by atoms with Crippen molar-refractivity contribution in [2.75, 3.05) is 0 Å². The lowest BCUT2D eigenvalue weighted by Crippen LogP contribution is -2.00. The fourth-order valence-corrected chi connectivity index (χ4v) is 2.40. The third-order valence-corrected chi connectivity index (χ3v) is 3.47. The summed E-state index contributed by atoms with van der Waals surface area (Å²) in [6.07, 6.45) is 1.62. The fraction of sp³-hybridized carbons (Fsp3) is 0.0667. The molecule has 0 aliphatic rings. The van der Waals surface area contributed by atoms with Crippen LogP contribution in [0.1, 0.15) is 5.56 Å². The van der Waals surface area contributed by atoms with Gasteiger partial charge in [0.05, 0.1) is 11.7 Å². The largest absolute Gasteiger partial charge is 0.455 e. The summed E-state index contributed by atoms with van der Waals surface area (Å²) in [5.74, 6) is 1.40. The highest BCUT2D eigenvalue weighted by Gasteiger charge is 2.08. The summed E-state index contributed by atoms with van der Waals surface area (Å²) in [6, 6.07) is 13.5. The fourth-order valence-electron chi connectivity index (χ4n) is 1.99. The Kier molecular flexibility index (Phi) is 3.62. The Bertz CT molecular complexity index is 756. The quantitative estimate of drug-likeness (QED) is 0.796. The van der Waals surface area contributed by atoms with E-state index >= 15 is 0 Å². The molecule has 0 aliphatic heterocycles. The molecule has 0 amide bonds. The molecule has 0 radical (unpaired) electrons. The van der Waals surface area contributed by atoms with Crippen LogP contribution in [0.15, 0.2) is 53.1 Å². The van der Waals surface area contributed by atoms with Crippen LogP contribution in [0.5, 0.6) is 11.5 Å². The molecule has 3 rings (SSSR count). The lowest BCUT2D eigenvalue weighted by molar-refractivity contribution is 0.478. The van der Waals surface area contributed by atoms with E-state index in [1.165, 1.54) is 0 Å². The lowest BCUT2D eigenvalue weighted by Gasteiger charge is -2.11. The molecule has 0 spiro atoms. The third kappa shape index (κ3) is 2.50. The van der Waals surface area contributed by atoms with Crippen LogP contribution in [-0.2, 0) is 6.54 Å². The standard InChI is InChI=1S/C15H12BrN3O/c16-11-5-6-14(10(7-11)8-17)20-15-9-18-19-13-4-2-1-3-12(13)15/h1-7,9H,8,17H2. The molecular formula is C15H12BrN3O. The number of nitrogens with two attached hydrogens (primary N) is 1. The average molecular weight is 330 g/mol. The number of fused-ring (bicyclic) bond motifs is 1. The zero-order chi connectivity index (χ0) is 13.9. The molecule has 0 saturated carbocycles. The Labute approximate surface area is 124 Å². The summed E-state index contributed by atoms with van der Waals surface area (Å²) < 4.78 is 6.94. The van der Waals surface area contributed by atoms with Crippen molar-refractivity contribution in [3.8, 4) is 11.5 Å². The van der Waals surface area contributed by atoms with Crippen molar-refractivity contribution in [3.05, 3.63) is 58.7 Å². The summed E-state index contributed by atoms with van der Waals surface area (Å²) in [5.41, 5.74) is 7.49. The maximum Gasteiger partial charge on any atom is 0.157 e. The number of hydrogen-bond acceptors (Lipinski definition) is 4. The van der Waals surface area contributed by atoms with Gasteiger partial charge >= 0.3 is 0 Å². The van der Waals surface area contributed by atoms with Crippen molar-refractivity contribution in [1.82, 2.24) is 10.2 Å². The molecular weight excluding hydrogens is 318 g/mol. The number of nitrogens with zero attached hydrogens (tertiary/aromatic N) is 2. The van der Waals surface area contributed by atoms with Crippen LogP contribution in [0.25, 0.3) is 10.9 Å². The first-order valence-corrected chi connectivity index (χ1v) is 6.94. The van der Waals surface area contributed by atoms with Gasteiger partial charge in [0.2, 0.25) is 0 Å². The van der Waals surface area contributed by atoms with Crippen molar-refractivity contribution < 1.29 is 4.74 Å². The number of aromatic nitrogens is 2. The molecule has 1 aromatic heterocycles. The average Bonchev–Trinajstić information content (AvgIpc) is 2.49. The topological polar surface area (TPSA) is 61.0 Å². The van der Waals surface area contributed by atoms with Gasteiger partial charge in [-0.1, -0.05) is 28.1 Å². The van der Waals surface area contributed by atoms with Crippen LogP contribution in [0, 0.1) is 0 Å². The SMILES string of the molecule is NCc1cc(Br)ccc1Oc1cnnc2ccccc12. The zero-order valence-corrected chi connectivity index (χ0v) is 12.2. The number of halogens is 1. The van der Waals surface area contributed by atoms with Crippen molar-refractivity contribution in [1.29, 1.82) is 0 Å². The second-order valence-corrected chi connectivity index (χ2v) is 5.20. The van der Waals surface area contributed by atoms with Gasteiger partial charge in [0.15, 0.2) is 5.75 Å². The lowest BCUT2D eigenvalue weighted by atomic mass is 10.2. The minimum absolute atomic E-state index is 0.408. The van der Waals surface area contributed by atoms with E-state index in [1.807, 2.05) is 42.5 Å². The molecule has 2 N–H and O–H groups in total. The van der Waals surface area contributed by atoms with Crippen LogP contribution < -0.4 is 10.5 Å². The Balaban J connectivity index is 2.05. The van der Waals surface area contributed by atoms with E-state index in [9.17, 15) is 0 Å². The van der Waals surface area contributed by atoms with Gasteiger partial charge in [-0.25, -0.2) is 0 Å². The number of rotatable bonds is 3. The smallest absolute Gasteiger partial charge is 0.157 e. The van der Waals surface area contributed by atoms with E-state index < -0.39 is 0 Å². The van der Waals surface area contributed by atoms with E-state index in [1.54, 1.807) is 6.20 Å². The Hall–Kier alpha value is -1.98. The highest BCUT2D eigenvalue weighted by Crippen LogP contribution is 2.31. The van der Waals surface area contributed by atoms with Crippen LogP contribution in [0.4, 0.5) is 0 Å². The van der Waals surface area contributed by atoms with Crippen LogP contribution in [-0.4, -0.2) is 10.2 Å². The highest BCUT2D eigenvalue weighted by atomic mass is 79.9. The Morgan fingerprint density at radius 3 is 2.80 bits per heavy atom. The second kappa shape index (κ2) is 5.56. The van der Waals surface area contributed by atoms with Gasteiger partial charge in [0.25, 0.3) is 0 Å². The summed E-state index contributed by atoms with van der Waals surface area (Å²) >= 11 is 3.43. The molecule has 0 atom stereocenters. The summed E-state index contributed by atoms with van der Waals surface area (Å²) in [4.78, 5) is 0. The summed E-state index contributed by atoms with van der Waals surface area (Å²) in [5, 5.41) is 8.97. The van der Waals surface area contributed by atoms with Gasteiger partial charge in [-0.05, 0) is 30.3 Å². The zero-order valence-electron chi connectivity index (χ0n) is 10.6. The molecule has 2 aromatic carbocycles. The van der Waals surface area contributed by atoms with Crippen molar-refractivity contribution in [2.24, 2.45) is 5.73 Å².